The molecule has 0 atom stereocenters. The monoisotopic (exact) mass is 445 g/mol. The van der Waals surface area contributed by atoms with Crippen molar-refractivity contribution in [1.29, 1.82) is 0 Å². The zero-order valence-corrected chi connectivity index (χ0v) is 18.2. The number of halogens is 1. The summed E-state index contributed by atoms with van der Waals surface area (Å²) in [4.78, 5) is 24.7. The predicted molar refractivity (Wildman–Crippen MR) is 125 cm³/mol. The van der Waals surface area contributed by atoms with Crippen molar-refractivity contribution in [2.24, 2.45) is 0 Å². The van der Waals surface area contributed by atoms with Gasteiger partial charge >= 0.3 is 0 Å². The Balaban J connectivity index is 1.59. The number of ether oxygens (including phenoxy) is 1. The molecule has 0 radical (unpaired) electrons. The van der Waals surface area contributed by atoms with Crippen LogP contribution >= 0.6 is 11.6 Å². The minimum absolute atomic E-state index is 0.534. The zero-order valence-electron chi connectivity index (χ0n) is 17.4. The molecule has 0 spiro atoms. The van der Waals surface area contributed by atoms with Gasteiger partial charge in [0.2, 0.25) is 11.9 Å². The van der Waals surface area contributed by atoms with Gasteiger partial charge in [-0.2, -0.15) is 15.0 Å². The summed E-state index contributed by atoms with van der Waals surface area (Å²) in [5.74, 6) is 2.58. The molecule has 2 aromatic carbocycles. The van der Waals surface area contributed by atoms with Gasteiger partial charge in [-0.3, -0.25) is 4.57 Å². The van der Waals surface area contributed by atoms with Gasteiger partial charge in [-0.1, -0.05) is 23.7 Å². The molecule has 4 heterocycles. The quantitative estimate of drug-likeness (QED) is 0.449. The highest BCUT2D eigenvalue weighted by Gasteiger charge is 2.21. The number of aromatic amines is 1. The minimum atomic E-state index is 0.534. The SMILES string of the molecule is Cc1nc2cc(Cl)ccc2n1-c1nc(-c2cccc3[nH]ccc23)nc(N2CCOCC2)n1. The van der Waals surface area contributed by atoms with E-state index in [0.29, 0.717) is 36.0 Å². The molecule has 1 N–H and O–H groups in total. The Morgan fingerprint density at radius 1 is 0.969 bits per heavy atom. The number of morpholine rings is 1. The van der Waals surface area contributed by atoms with E-state index in [4.69, 9.17) is 31.3 Å². The predicted octanol–water partition coefficient (Wildman–Crippen LogP) is 4.16. The number of nitrogens with zero attached hydrogens (tertiary/aromatic N) is 6. The highest BCUT2D eigenvalue weighted by Crippen LogP contribution is 2.29. The van der Waals surface area contributed by atoms with E-state index in [0.717, 1.165) is 46.4 Å². The second-order valence-corrected chi connectivity index (χ2v) is 8.17. The number of hydrogen-bond donors (Lipinski definition) is 1. The van der Waals surface area contributed by atoms with Gasteiger partial charge in [-0.15, -0.1) is 0 Å². The normalized spacial score (nSPS) is 14.5. The van der Waals surface area contributed by atoms with Crippen LogP contribution < -0.4 is 4.90 Å². The number of rotatable bonds is 3. The van der Waals surface area contributed by atoms with Crippen molar-refractivity contribution in [2.45, 2.75) is 6.92 Å². The van der Waals surface area contributed by atoms with E-state index in [1.54, 1.807) is 0 Å². The standard InChI is InChI=1S/C23H20ClN7O/c1-14-26-19-13-15(24)5-6-20(19)31(14)23-28-21(17-3-2-4-18-16(17)7-8-25-18)27-22(29-23)30-9-11-32-12-10-30/h2-8,13,25H,9-12H2,1H3. The third kappa shape index (κ3) is 3.19. The molecule has 1 aliphatic rings. The van der Waals surface area contributed by atoms with Gasteiger partial charge in [0.1, 0.15) is 5.82 Å². The first-order valence-electron chi connectivity index (χ1n) is 10.5. The van der Waals surface area contributed by atoms with Gasteiger partial charge < -0.3 is 14.6 Å². The van der Waals surface area contributed by atoms with Crippen LogP contribution in [0.15, 0.2) is 48.7 Å². The molecule has 0 bridgehead atoms. The van der Waals surface area contributed by atoms with Crippen LogP contribution in [-0.4, -0.2) is 55.8 Å². The average Bonchev–Trinajstić information content (AvgIpc) is 3.42. The molecule has 1 fully saturated rings. The summed E-state index contributed by atoms with van der Waals surface area (Å²) in [5, 5.41) is 1.71. The van der Waals surface area contributed by atoms with Gasteiger partial charge in [-0.05, 0) is 37.3 Å². The number of hydrogen-bond acceptors (Lipinski definition) is 6. The molecule has 6 rings (SSSR count). The van der Waals surface area contributed by atoms with Crippen LogP contribution in [0.3, 0.4) is 0 Å². The fourth-order valence-electron chi connectivity index (χ4n) is 4.19. The Bertz CT molecular complexity index is 1450. The fraction of sp³-hybridized carbons (Fsp3) is 0.217. The number of benzene rings is 2. The highest BCUT2D eigenvalue weighted by atomic mass is 35.5. The van der Waals surface area contributed by atoms with Crippen LogP contribution in [0, 0.1) is 6.92 Å². The van der Waals surface area contributed by atoms with E-state index < -0.39 is 0 Å². The molecule has 0 unspecified atom stereocenters. The first-order chi connectivity index (χ1) is 15.7. The summed E-state index contributed by atoms with van der Waals surface area (Å²) in [6.45, 7) is 4.70. The molecule has 160 valence electrons. The first-order valence-corrected chi connectivity index (χ1v) is 10.9. The van der Waals surface area contributed by atoms with E-state index in [-0.39, 0.29) is 0 Å². The van der Waals surface area contributed by atoms with Gasteiger partial charge in [0.05, 0.1) is 24.2 Å². The average molecular weight is 446 g/mol. The Morgan fingerprint density at radius 2 is 1.81 bits per heavy atom. The van der Waals surface area contributed by atoms with Gasteiger partial charge in [0.15, 0.2) is 5.82 Å². The summed E-state index contributed by atoms with van der Waals surface area (Å²) in [6, 6.07) is 13.8. The number of nitrogens with one attached hydrogen (secondary N) is 1. The smallest absolute Gasteiger partial charge is 0.241 e. The van der Waals surface area contributed by atoms with E-state index in [9.17, 15) is 0 Å². The third-order valence-corrected chi connectivity index (χ3v) is 5.96. The van der Waals surface area contributed by atoms with Crippen molar-refractivity contribution in [3.63, 3.8) is 0 Å². The summed E-state index contributed by atoms with van der Waals surface area (Å²) in [5.41, 5.74) is 3.69. The van der Waals surface area contributed by atoms with Crippen molar-refractivity contribution in [1.82, 2.24) is 29.5 Å². The van der Waals surface area contributed by atoms with Crippen LogP contribution in [0.2, 0.25) is 5.02 Å². The lowest BCUT2D eigenvalue weighted by molar-refractivity contribution is 0.122. The molecule has 1 saturated heterocycles. The van der Waals surface area contributed by atoms with Crippen molar-refractivity contribution in [3.8, 4) is 17.3 Å². The Kier molecular flexibility index (Phi) is 4.55. The van der Waals surface area contributed by atoms with Crippen molar-refractivity contribution >= 4 is 39.5 Å². The molecule has 1 aliphatic heterocycles. The number of imidazole rings is 1. The molecular formula is C23H20ClN7O. The van der Waals surface area contributed by atoms with Crippen molar-refractivity contribution < 1.29 is 4.74 Å². The summed E-state index contributed by atoms with van der Waals surface area (Å²) >= 11 is 6.19. The molecule has 5 aromatic rings. The number of aryl methyl sites for hydroxylation is 1. The molecular weight excluding hydrogens is 426 g/mol. The number of aromatic nitrogens is 6. The van der Waals surface area contributed by atoms with Crippen LogP contribution in [0.4, 0.5) is 5.95 Å². The highest BCUT2D eigenvalue weighted by molar-refractivity contribution is 6.31. The van der Waals surface area contributed by atoms with E-state index >= 15 is 0 Å². The lowest BCUT2D eigenvalue weighted by atomic mass is 10.1. The Hall–Kier alpha value is -3.49. The molecule has 0 amide bonds. The summed E-state index contributed by atoms with van der Waals surface area (Å²) < 4.78 is 7.49. The lowest BCUT2D eigenvalue weighted by Gasteiger charge is -2.27. The third-order valence-electron chi connectivity index (χ3n) is 5.73. The fourth-order valence-corrected chi connectivity index (χ4v) is 4.35. The van der Waals surface area contributed by atoms with Gasteiger partial charge in [-0.25, -0.2) is 4.98 Å². The maximum absolute atomic E-state index is 6.19. The van der Waals surface area contributed by atoms with Crippen LogP contribution in [0.25, 0.3) is 39.3 Å². The van der Waals surface area contributed by atoms with Gasteiger partial charge in [0.25, 0.3) is 0 Å². The molecule has 9 heteroatoms. The zero-order chi connectivity index (χ0) is 21.7. The van der Waals surface area contributed by atoms with E-state index in [1.807, 2.05) is 60.2 Å². The number of anilines is 1. The Labute approximate surface area is 188 Å². The molecule has 32 heavy (non-hydrogen) atoms. The minimum Gasteiger partial charge on any atom is -0.378 e. The van der Waals surface area contributed by atoms with Crippen molar-refractivity contribution in [2.75, 3.05) is 31.2 Å². The van der Waals surface area contributed by atoms with E-state index in [1.165, 1.54) is 0 Å². The van der Waals surface area contributed by atoms with Crippen LogP contribution in [0.1, 0.15) is 5.82 Å². The van der Waals surface area contributed by atoms with Crippen LogP contribution in [-0.2, 0) is 4.74 Å². The maximum Gasteiger partial charge on any atom is 0.241 e. The topological polar surface area (TPSA) is 84.8 Å². The summed E-state index contributed by atoms with van der Waals surface area (Å²) in [7, 11) is 0. The largest absolute Gasteiger partial charge is 0.378 e. The first kappa shape index (κ1) is 19.2. The molecule has 3 aromatic heterocycles. The second-order valence-electron chi connectivity index (χ2n) is 7.73. The Morgan fingerprint density at radius 3 is 2.69 bits per heavy atom. The second kappa shape index (κ2) is 7.58. The van der Waals surface area contributed by atoms with Crippen molar-refractivity contribution in [3.05, 3.63) is 59.5 Å². The number of H-pyrrole nitrogens is 1. The van der Waals surface area contributed by atoms with E-state index in [2.05, 4.69) is 14.9 Å². The molecule has 0 aliphatic carbocycles. The molecule has 8 nitrogen and oxygen atoms in total. The maximum atomic E-state index is 6.19. The number of fused-ring (bicyclic) bond motifs is 2. The lowest BCUT2D eigenvalue weighted by Crippen LogP contribution is -2.37. The van der Waals surface area contributed by atoms with Crippen LogP contribution in [0.5, 0.6) is 0 Å². The summed E-state index contributed by atoms with van der Waals surface area (Å²) in [6.07, 6.45) is 1.93. The van der Waals surface area contributed by atoms with Gasteiger partial charge in [0, 0.05) is 40.8 Å². The molecule has 0 saturated carbocycles.